The number of nitriles is 2. The highest BCUT2D eigenvalue weighted by Crippen LogP contribution is 2.23. The smallest absolute Gasteiger partial charge is 0.266 e. The number of anilines is 1. The molecule has 0 aliphatic heterocycles. The maximum atomic E-state index is 12.5. The summed E-state index contributed by atoms with van der Waals surface area (Å²) in [5, 5.41) is 22.9. The molecule has 1 aromatic rings. The first-order valence-electron chi connectivity index (χ1n) is 7.95. The van der Waals surface area contributed by atoms with Crippen LogP contribution in [-0.2, 0) is 4.79 Å². The third kappa shape index (κ3) is 4.78. The lowest BCUT2D eigenvalue weighted by Crippen LogP contribution is -2.39. The quantitative estimate of drug-likeness (QED) is 0.381. The zero-order valence-corrected chi connectivity index (χ0v) is 14.5. The molecule has 0 unspecified atom stereocenters. The Hall–Kier alpha value is -2.44. The highest BCUT2D eigenvalue weighted by atomic mass is 32.2. The number of amides is 1. The molecule has 1 aliphatic carbocycles. The number of likely N-dealkylation sites (N-methyl/N-ethyl adjacent to an activating group) is 1. The molecule has 0 heterocycles. The average Bonchev–Trinajstić information content (AvgIpc) is 2.63. The summed E-state index contributed by atoms with van der Waals surface area (Å²) in [5.41, 5.74) is 0.858. The predicted octanol–water partition coefficient (Wildman–Crippen LogP) is 3.87. The molecule has 0 radical (unpaired) electrons. The van der Waals surface area contributed by atoms with Gasteiger partial charge in [-0.2, -0.15) is 10.5 Å². The number of nitrogens with zero attached hydrogens (tertiary/aromatic N) is 3. The molecule has 0 atom stereocenters. The van der Waals surface area contributed by atoms with Gasteiger partial charge in [0.15, 0.2) is 0 Å². The molecule has 5 nitrogen and oxygen atoms in total. The summed E-state index contributed by atoms with van der Waals surface area (Å²) in [6.07, 6.45) is 6.96. The molecule has 0 aromatic heterocycles. The van der Waals surface area contributed by atoms with Crippen LogP contribution < -0.4 is 5.32 Å². The van der Waals surface area contributed by atoms with E-state index in [0.29, 0.717) is 0 Å². The first kappa shape index (κ1) is 17.9. The van der Waals surface area contributed by atoms with Crippen LogP contribution in [0.4, 0.5) is 5.69 Å². The van der Waals surface area contributed by atoms with E-state index >= 15 is 0 Å². The SMILES string of the molecule is CN(C(=O)/C(C#N)=C\Nc1ccc(SC#N)cc1)C1CCCCC1. The van der Waals surface area contributed by atoms with E-state index in [1.54, 1.807) is 24.1 Å². The standard InChI is InChI=1S/C18H20N4OS/c1-22(16-5-3-2-4-6-16)18(23)14(11-19)12-21-15-7-9-17(10-8-15)24-13-20/h7-10,12,16,21H,2-6H2,1H3/b14-12-. The second kappa shape index (κ2) is 9.00. The van der Waals surface area contributed by atoms with Crippen molar-refractivity contribution in [1.29, 1.82) is 10.5 Å². The summed E-state index contributed by atoms with van der Waals surface area (Å²) in [5.74, 6) is -0.242. The van der Waals surface area contributed by atoms with Crippen LogP contribution in [0.25, 0.3) is 0 Å². The monoisotopic (exact) mass is 340 g/mol. The number of benzene rings is 1. The van der Waals surface area contributed by atoms with Crippen molar-refractivity contribution in [2.75, 3.05) is 12.4 Å². The van der Waals surface area contributed by atoms with Crippen molar-refractivity contribution >= 4 is 23.4 Å². The highest BCUT2D eigenvalue weighted by molar-refractivity contribution is 8.03. The van der Waals surface area contributed by atoms with Crippen molar-refractivity contribution in [2.24, 2.45) is 0 Å². The van der Waals surface area contributed by atoms with Crippen molar-refractivity contribution in [3.8, 4) is 11.5 Å². The molecule has 1 N–H and O–H groups in total. The van der Waals surface area contributed by atoms with Gasteiger partial charge in [-0.25, -0.2) is 0 Å². The van der Waals surface area contributed by atoms with Crippen LogP contribution in [-0.4, -0.2) is 23.9 Å². The van der Waals surface area contributed by atoms with E-state index in [1.165, 1.54) is 12.6 Å². The molecule has 124 valence electrons. The van der Waals surface area contributed by atoms with Crippen LogP contribution >= 0.6 is 11.8 Å². The Balaban J connectivity index is 2.01. The topological polar surface area (TPSA) is 79.9 Å². The van der Waals surface area contributed by atoms with Crippen molar-refractivity contribution in [2.45, 2.75) is 43.0 Å². The largest absolute Gasteiger partial charge is 0.360 e. The Morgan fingerprint density at radius 1 is 1.25 bits per heavy atom. The van der Waals surface area contributed by atoms with E-state index in [4.69, 9.17) is 5.26 Å². The fraction of sp³-hybridized carbons (Fsp3) is 0.389. The Labute approximate surface area is 146 Å². The van der Waals surface area contributed by atoms with Gasteiger partial charge in [0.05, 0.1) is 0 Å². The van der Waals surface area contributed by atoms with Gasteiger partial charge in [0.2, 0.25) is 0 Å². The first-order chi connectivity index (χ1) is 11.7. The molecule has 0 bridgehead atoms. The van der Waals surface area contributed by atoms with Gasteiger partial charge in [-0.05, 0) is 48.9 Å². The highest BCUT2D eigenvalue weighted by Gasteiger charge is 2.24. The van der Waals surface area contributed by atoms with Gasteiger partial charge >= 0.3 is 0 Å². The van der Waals surface area contributed by atoms with E-state index in [0.717, 1.165) is 48.0 Å². The van der Waals surface area contributed by atoms with Gasteiger partial charge in [0.1, 0.15) is 17.0 Å². The van der Waals surface area contributed by atoms with Crippen LogP contribution in [0.1, 0.15) is 32.1 Å². The molecule has 24 heavy (non-hydrogen) atoms. The third-order valence-corrected chi connectivity index (χ3v) is 4.79. The van der Waals surface area contributed by atoms with Crippen LogP contribution in [0.3, 0.4) is 0 Å². The summed E-state index contributed by atoms with van der Waals surface area (Å²) in [6.45, 7) is 0. The Bertz CT molecular complexity index is 678. The van der Waals surface area contributed by atoms with Crippen molar-refractivity contribution in [1.82, 2.24) is 4.90 Å². The zero-order valence-electron chi connectivity index (χ0n) is 13.7. The van der Waals surface area contributed by atoms with Crippen molar-refractivity contribution in [3.63, 3.8) is 0 Å². The van der Waals surface area contributed by atoms with Crippen LogP contribution in [0.15, 0.2) is 40.9 Å². The first-order valence-corrected chi connectivity index (χ1v) is 8.77. The van der Waals surface area contributed by atoms with Gasteiger partial charge < -0.3 is 10.2 Å². The molecule has 6 heteroatoms. The fourth-order valence-electron chi connectivity index (χ4n) is 2.79. The van der Waals surface area contributed by atoms with Crippen LogP contribution in [0.2, 0.25) is 0 Å². The van der Waals surface area contributed by atoms with E-state index in [-0.39, 0.29) is 17.5 Å². The number of rotatable bonds is 5. The lowest BCUT2D eigenvalue weighted by molar-refractivity contribution is -0.128. The van der Waals surface area contributed by atoms with Gasteiger partial charge in [-0.1, -0.05) is 19.3 Å². The molecule has 1 amide bonds. The minimum atomic E-state index is -0.242. The zero-order chi connectivity index (χ0) is 17.4. The Morgan fingerprint density at radius 3 is 2.50 bits per heavy atom. The summed E-state index contributed by atoms with van der Waals surface area (Å²) < 4.78 is 0. The number of nitrogens with one attached hydrogen (secondary N) is 1. The minimum absolute atomic E-state index is 0.0959. The van der Waals surface area contributed by atoms with Crippen LogP contribution in [0, 0.1) is 22.0 Å². The molecular weight excluding hydrogens is 320 g/mol. The molecule has 1 aliphatic rings. The summed E-state index contributed by atoms with van der Waals surface area (Å²) in [6, 6.07) is 9.45. The molecular formula is C18H20N4OS. The molecule has 1 aromatic carbocycles. The maximum Gasteiger partial charge on any atom is 0.266 e. The van der Waals surface area contributed by atoms with Gasteiger partial charge in [0, 0.05) is 29.9 Å². The number of hydrogen-bond acceptors (Lipinski definition) is 5. The lowest BCUT2D eigenvalue weighted by Gasteiger charge is -2.31. The van der Waals surface area contributed by atoms with Gasteiger partial charge in [0.25, 0.3) is 5.91 Å². The second-order valence-electron chi connectivity index (χ2n) is 5.74. The van der Waals surface area contributed by atoms with Gasteiger partial charge in [-0.15, -0.1) is 0 Å². The minimum Gasteiger partial charge on any atom is -0.360 e. The van der Waals surface area contributed by atoms with Crippen molar-refractivity contribution < 1.29 is 4.79 Å². The normalized spacial score (nSPS) is 15.2. The van der Waals surface area contributed by atoms with Crippen molar-refractivity contribution in [3.05, 3.63) is 36.0 Å². The lowest BCUT2D eigenvalue weighted by atomic mass is 9.94. The molecule has 0 spiro atoms. The summed E-state index contributed by atoms with van der Waals surface area (Å²) in [4.78, 5) is 15.0. The Kier molecular flexibility index (Phi) is 6.72. The third-order valence-electron chi connectivity index (χ3n) is 4.19. The summed E-state index contributed by atoms with van der Waals surface area (Å²) in [7, 11) is 1.78. The van der Waals surface area contributed by atoms with E-state index in [9.17, 15) is 10.1 Å². The number of carbonyl (C=O) groups excluding carboxylic acids is 1. The molecule has 1 fully saturated rings. The molecule has 2 rings (SSSR count). The summed E-state index contributed by atoms with van der Waals surface area (Å²) >= 11 is 1.09. The Morgan fingerprint density at radius 2 is 1.92 bits per heavy atom. The molecule has 1 saturated carbocycles. The van der Waals surface area contributed by atoms with Gasteiger partial charge in [-0.3, -0.25) is 4.79 Å². The van der Waals surface area contributed by atoms with E-state index in [2.05, 4.69) is 5.32 Å². The number of thiocyanates is 1. The maximum absolute atomic E-state index is 12.5. The number of thioether (sulfide) groups is 1. The number of carbonyl (C=O) groups is 1. The average molecular weight is 340 g/mol. The van der Waals surface area contributed by atoms with Crippen LogP contribution in [0.5, 0.6) is 0 Å². The predicted molar refractivity (Wildman–Crippen MR) is 94.9 cm³/mol. The second-order valence-corrected chi connectivity index (χ2v) is 6.60. The fourth-order valence-corrected chi connectivity index (χ4v) is 3.17. The molecule has 0 saturated heterocycles. The van der Waals surface area contributed by atoms with E-state index < -0.39 is 0 Å². The van der Waals surface area contributed by atoms with E-state index in [1.807, 2.05) is 23.6 Å². The number of hydrogen-bond donors (Lipinski definition) is 1.